The van der Waals surface area contributed by atoms with E-state index in [1.165, 1.54) is 11.3 Å². The molecule has 114 valence electrons. The highest BCUT2D eigenvalue weighted by molar-refractivity contribution is 7.90. The number of rotatable bonds is 5. The van der Waals surface area contributed by atoms with E-state index in [9.17, 15) is 8.42 Å². The van der Waals surface area contributed by atoms with E-state index in [4.69, 9.17) is 0 Å². The molecule has 0 radical (unpaired) electrons. The number of fused-ring (bicyclic) bond motifs is 1. The zero-order chi connectivity index (χ0) is 15.5. The first-order chi connectivity index (χ1) is 10.6. The van der Waals surface area contributed by atoms with Crippen molar-refractivity contribution in [3.05, 3.63) is 54.1 Å². The smallest absolute Gasteiger partial charge is 0.181 e. The molecule has 2 atom stereocenters. The Morgan fingerprint density at radius 2 is 1.64 bits per heavy atom. The SMILES string of the molecule is Cc1ccc(S(=O)CCS(=O)c2nc3ccccc3s2)cc1. The van der Waals surface area contributed by atoms with E-state index in [2.05, 4.69) is 4.98 Å². The number of hydrogen-bond donors (Lipinski definition) is 0. The molecule has 3 nitrogen and oxygen atoms in total. The molecule has 0 aliphatic rings. The number of nitrogens with zero attached hydrogens (tertiary/aromatic N) is 1. The van der Waals surface area contributed by atoms with Crippen LogP contribution in [-0.4, -0.2) is 24.9 Å². The lowest BCUT2D eigenvalue weighted by molar-refractivity contribution is 0.678. The van der Waals surface area contributed by atoms with Crippen LogP contribution in [0.5, 0.6) is 0 Å². The molecule has 0 fully saturated rings. The maximum atomic E-state index is 12.3. The van der Waals surface area contributed by atoms with Crippen LogP contribution in [0, 0.1) is 6.92 Å². The molecular formula is C16H15NO2S3. The Morgan fingerprint density at radius 1 is 0.955 bits per heavy atom. The highest BCUT2D eigenvalue weighted by Gasteiger charge is 2.12. The topological polar surface area (TPSA) is 47.0 Å². The molecule has 3 rings (SSSR count). The predicted molar refractivity (Wildman–Crippen MR) is 93.3 cm³/mol. The maximum Gasteiger partial charge on any atom is 0.181 e. The molecule has 3 aromatic rings. The molecule has 0 saturated heterocycles. The normalized spacial score (nSPS) is 14.0. The third kappa shape index (κ3) is 3.51. The zero-order valence-corrected chi connectivity index (χ0v) is 14.5. The van der Waals surface area contributed by atoms with Crippen molar-refractivity contribution in [1.29, 1.82) is 0 Å². The summed E-state index contributed by atoms with van der Waals surface area (Å²) >= 11 is 1.44. The minimum atomic E-state index is -1.20. The van der Waals surface area contributed by atoms with E-state index in [1.54, 1.807) is 0 Å². The van der Waals surface area contributed by atoms with E-state index >= 15 is 0 Å². The summed E-state index contributed by atoms with van der Waals surface area (Å²) in [5, 5.41) is 0. The average molecular weight is 350 g/mol. The second-order valence-corrected chi connectivity index (χ2v) is 9.21. The van der Waals surface area contributed by atoms with Gasteiger partial charge in [0.1, 0.15) is 0 Å². The monoisotopic (exact) mass is 349 g/mol. The highest BCUT2D eigenvalue weighted by atomic mass is 32.2. The van der Waals surface area contributed by atoms with Gasteiger partial charge in [0.2, 0.25) is 0 Å². The largest absolute Gasteiger partial charge is 0.254 e. The Hall–Kier alpha value is -1.37. The quantitative estimate of drug-likeness (QED) is 0.708. The number of hydrogen-bond acceptors (Lipinski definition) is 4. The van der Waals surface area contributed by atoms with Crippen molar-refractivity contribution < 1.29 is 8.42 Å². The van der Waals surface area contributed by atoms with E-state index < -0.39 is 21.6 Å². The third-order valence-corrected chi connectivity index (χ3v) is 7.53. The summed E-state index contributed by atoms with van der Waals surface area (Å²) < 4.78 is 26.2. The van der Waals surface area contributed by atoms with Gasteiger partial charge in [0, 0.05) is 16.4 Å². The molecule has 0 bridgehead atoms. The van der Waals surface area contributed by atoms with Gasteiger partial charge in [-0.25, -0.2) is 4.98 Å². The van der Waals surface area contributed by atoms with Crippen molar-refractivity contribution in [2.24, 2.45) is 0 Å². The second kappa shape index (κ2) is 6.81. The molecule has 0 amide bonds. The number of thiazole rings is 1. The maximum absolute atomic E-state index is 12.3. The second-order valence-electron chi connectivity index (χ2n) is 4.86. The molecule has 22 heavy (non-hydrogen) atoms. The van der Waals surface area contributed by atoms with Crippen LogP contribution >= 0.6 is 11.3 Å². The Balaban J connectivity index is 1.66. The van der Waals surface area contributed by atoms with Crippen LogP contribution in [0.1, 0.15) is 5.56 Å². The lowest BCUT2D eigenvalue weighted by Crippen LogP contribution is -2.08. The summed E-state index contributed by atoms with van der Waals surface area (Å²) in [6.45, 7) is 1.99. The summed E-state index contributed by atoms with van der Waals surface area (Å²) in [5.41, 5.74) is 2.01. The first-order valence-corrected chi connectivity index (χ1v) is 10.3. The van der Waals surface area contributed by atoms with Crippen LogP contribution in [0.2, 0.25) is 0 Å². The van der Waals surface area contributed by atoms with Crippen molar-refractivity contribution in [2.45, 2.75) is 16.2 Å². The molecule has 0 spiro atoms. The molecule has 0 saturated carbocycles. The van der Waals surface area contributed by atoms with Crippen molar-refractivity contribution in [2.75, 3.05) is 11.5 Å². The molecule has 0 aliphatic heterocycles. The van der Waals surface area contributed by atoms with Crippen molar-refractivity contribution in [3.8, 4) is 0 Å². The number of para-hydroxylation sites is 1. The fraction of sp³-hybridized carbons (Fsp3) is 0.188. The van der Waals surface area contributed by atoms with Gasteiger partial charge in [-0.2, -0.15) is 0 Å². The fourth-order valence-electron chi connectivity index (χ4n) is 2.00. The van der Waals surface area contributed by atoms with Crippen molar-refractivity contribution in [1.82, 2.24) is 4.98 Å². The first-order valence-electron chi connectivity index (χ1n) is 6.82. The van der Waals surface area contributed by atoms with E-state index in [-0.39, 0.29) is 0 Å². The van der Waals surface area contributed by atoms with Gasteiger partial charge in [-0.15, -0.1) is 11.3 Å². The molecule has 1 aromatic heterocycles. The minimum Gasteiger partial charge on any atom is -0.254 e. The average Bonchev–Trinajstić information content (AvgIpc) is 2.97. The Kier molecular flexibility index (Phi) is 4.81. The van der Waals surface area contributed by atoms with Gasteiger partial charge in [0.05, 0.1) is 31.8 Å². The van der Waals surface area contributed by atoms with Crippen molar-refractivity contribution >= 4 is 43.2 Å². The van der Waals surface area contributed by atoms with Gasteiger partial charge < -0.3 is 0 Å². The molecular weight excluding hydrogens is 334 g/mol. The van der Waals surface area contributed by atoms with Crippen LogP contribution in [0.25, 0.3) is 10.2 Å². The van der Waals surface area contributed by atoms with Gasteiger partial charge in [0.25, 0.3) is 0 Å². The Morgan fingerprint density at radius 3 is 2.36 bits per heavy atom. The van der Waals surface area contributed by atoms with Crippen LogP contribution < -0.4 is 0 Å². The minimum absolute atomic E-state index is 0.361. The third-order valence-electron chi connectivity index (χ3n) is 3.21. The summed E-state index contributed by atoms with van der Waals surface area (Å²) in [6, 6.07) is 15.4. The highest BCUT2D eigenvalue weighted by Crippen LogP contribution is 2.24. The Bertz CT molecular complexity index is 807. The number of aryl methyl sites for hydroxylation is 1. The van der Waals surface area contributed by atoms with Crippen LogP contribution in [-0.2, 0) is 21.6 Å². The number of aromatic nitrogens is 1. The molecule has 1 heterocycles. The summed E-state index contributed by atoms with van der Waals surface area (Å²) in [5.74, 6) is 0.742. The molecule has 0 N–H and O–H groups in total. The van der Waals surface area contributed by atoms with E-state index in [1.807, 2.05) is 55.5 Å². The molecule has 6 heteroatoms. The molecule has 2 aromatic carbocycles. The van der Waals surface area contributed by atoms with Gasteiger partial charge in [-0.05, 0) is 31.2 Å². The van der Waals surface area contributed by atoms with Gasteiger partial charge in [-0.1, -0.05) is 29.8 Å². The van der Waals surface area contributed by atoms with E-state index in [0.717, 1.165) is 20.7 Å². The Labute approximate surface area is 138 Å². The summed E-state index contributed by atoms with van der Waals surface area (Å²) in [4.78, 5) is 5.18. The van der Waals surface area contributed by atoms with Crippen LogP contribution in [0.15, 0.2) is 57.8 Å². The molecule has 2 unspecified atom stereocenters. The predicted octanol–water partition coefficient (Wildman–Crippen LogP) is 3.52. The summed E-state index contributed by atoms with van der Waals surface area (Å²) in [6.07, 6.45) is 0. The van der Waals surface area contributed by atoms with Gasteiger partial charge >= 0.3 is 0 Å². The van der Waals surface area contributed by atoms with Gasteiger partial charge in [-0.3, -0.25) is 8.42 Å². The van der Waals surface area contributed by atoms with Crippen LogP contribution in [0.4, 0.5) is 0 Å². The zero-order valence-electron chi connectivity index (χ0n) is 12.0. The standard InChI is InChI=1S/C16H15NO2S3/c1-12-6-8-13(9-7-12)21(18)10-11-22(19)16-17-14-4-2-3-5-15(14)20-16/h2-9H,10-11H2,1H3. The first kappa shape index (κ1) is 15.5. The lowest BCUT2D eigenvalue weighted by Gasteiger charge is -2.02. The van der Waals surface area contributed by atoms with Gasteiger partial charge in [0.15, 0.2) is 4.34 Å². The molecule has 0 aliphatic carbocycles. The van der Waals surface area contributed by atoms with Crippen LogP contribution in [0.3, 0.4) is 0 Å². The lowest BCUT2D eigenvalue weighted by atomic mass is 10.2. The summed E-state index contributed by atoms with van der Waals surface area (Å²) in [7, 11) is -2.32. The van der Waals surface area contributed by atoms with E-state index in [0.29, 0.717) is 15.8 Å². The number of benzene rings is 2. The van der Waals surface area contributed by atoms with Crippen molar-refractivity contribution in [3.63, 3.8) is 0 Å². The fourth-order valence-corrected chi connectivity index (χ4v) is 5.84.